The summed E-state index contributed by atoms with van der Waals surface area (Å²) in [4.78, 5) is 25.0. The predicted octanol–water partition coefficient (Wildman–Crippen LogP) is 2.57. The first-order valence-electron chi connectivity index (χ1n) is 8.21. The molecule has 144 valence electrons. The van der Waals surface area contributed by atoms with Crippen LogP contribution in [0.1, 0.15) is 30.9 Å². The second-order valence-corrected chi connectivity index (χ2v) is 7.79. The quantitative estimate of drug-likeness (QED) is 0.589. The summed E-state index contributed by atoms with van der Waals surface area (Å²) >= 11 is 0. The highest BCUT2D eigenvalue weighted by atomic mass is 32.2. The fraction of sp³-hybridized carbons (Fsp3) is 0.263. The monoisotopic (exact) mass is 392 g/mol. The van der Waals surface area contributed by atoms with Crippen LogP contribution in [0.2, 0.25) is 0 Å². The lowest BCUT2D eigenvalue weighted by molar-refractivity contribution is -0.153. The van der Waals surface area contributed by atoms with Crippen LogP contribution < -0.4 is 0 Å². The highest BCUT2D eigenvalue weighted by Gasteiger charge is 2.70. The average Bonchev–Trinajstić information content (AvgIpc) is 2.61. The smallest absolute Gasteiger partial charge is 0.329 e. The van der Waals surface area contributed by atoms with Gasteiger partial charge in [-0.25, -0.2) is 0 Å². The molecule has 2 aromatic rings. The van der Waals surface area contributed by atoms with Crippen molar-refractivity contribution >= 4 is 22.1 Å². The van der Waals surface area contributed by atoms with Crippen molar-refractivity contribution in [1.82, 2.24) is 0 Å². The Labute approximate surface area is 157 Å². The summed E-state index contributed by atoms with van der Waals surface area (Å²) in [5.41, 5.74) is -2.68. The number of carbonyl (C=O) groups is 2. The Hall–Kier alpha value is -2.71. The molecule has 0 aromatic heterocycles. The highest BCUT2D eigenvalue weighted by Crippen LogP contribution is 2.49. The van der Waals surface area contributed by atoms with Gasteiger partial charge in [-0.1, -0.05) is 74.0 Å². The summed E-state index contributed by atoms with van der Waals surface area (Å²) in [6.07, 6.45) is -0.585. The van der Waals surface area contributed by atoms with Gasteiger partial charge in [0.1, 0.15) is 0 Å². The predicted molar refractivity (Wildman–Crippen MR) is 98.1 cm³/mol. The highest BCUT2D eigenvalue weighted by molar-refractivity contribution is 7.88. The first kappa shape index (κ1) is 20.6. The fourth-order valence-corrected chi connectivity index (χ4v) is 5.06. The molecule has 0 aliphatic rings. The molecule has 0 aliphatic heterocycles. The van der Waals surface area contributed by atoms with Gasteiger partial charge in [0, 0.05) is 0 Å². The van der Waals surface area contributed by atoms with Crippen molar-refractivity contribution in [2.24, 2.45) is 0 Å². The molecule has 7 nitrogen and oxygen atoms in total. The first-order chi connectivity index (χ1) is 12.7. The van der Waals surface area contributed by atoms with Gasteiger partial charge in [-0.2, -0.15) is 8.42 Å². The Bertz CT molecular complexity index is 884. The molecule has 0 bridgehead atoms. The molecule has 27 heavy (non-hydrogen) atoms. The largest absolute Gasteiger partial charge is 0.480 e. The standard InChI is InChI=1S/C19H20O7S/c1-2-13-18(16(20)21,27(24,25)26)19(17(22)23,14-9-5-3-6-10-14)15-11-7-4-8-12-15/h3-12H,2,13H2,1H3,(H,20,21)(H,22,23)(H,24,25,26). The van der Waals surface area contributed by atoms with Crippen molar-refractivity contribution in [3.8, 4) is 0 Å². The Balaban J connectivity index is 3.16. The SMILES string of the molecule is CCCC(C(=O)O)(C(C(=O)O)(c1ccccc1)c1ccccc1)S(=O)(=O)O. The molecule has 0 amide bonds. The number of benzene rings is 2. The summed E-state index contributed by atoms with van der Waals surface area (Å²) in [6, 6.07) is 14.5. The number of carboxylic acids is 2. The Morgan fingerprint density at radius 2 is 1.26 bits per heavy atom. The van der Waals surface area contributed by atoms with Crippen LogP contribution >= 0.6 is 0 Å². The number of carboxylic acid groups (broad SMARTS) is 2. The maximum atomic E-state index is 12.7. The average molecular weight is 392 g/mol. The summed E-state index contributed by atoms with van der Waals surface area (Å²) in [7, 11) is -5.37. The summed E-state index contributed by atoms with van der Waals surface area (Å²) in [5, 5.41) is 20.3. The minimum atomic E-state index is -5.37. The van der Waals surface area contributed by atoms with Gasteiger partial charge in [0.25, 0.3) is 10.1 Å². The first-order valence-corrected chi connectivity index (χ1v) is 9.65. The van der Waals surface area contributed by atoms with E-state index in [2.05, 4.69) is 0 Å². The Morgan fingerprint density at radius 1 is 0.852 bits per heavy atom. The van der Waals surface area contributed by atoms with Crippen LogP contribution in [-0.2, 0) is 25.1 Å². The lowest BCUT2D eigenvalue weighted by atomic mass is 9.63. The van der Waals surface area contributed by atoms with Crippen LogP contribution in [0.5, 0.6) is 0 Å². The molecule has 1 unspecified atom stereocenters. The fourth-order valence-electron chi connectivity index (χ4n) is 3.67. The minimum Gasteiger partial charge on any atom is -0.480 e. The maximum Gasteiger partial charge on any atom is 0.329 e. The van der Waals surface area contributed by atoms with Gasteiger partial charge in [-0.15, -0.1) is 0 Å². The van der Waals surface area contributed by atoms with Gasteiger partial charge in [-0.05, 0) is 17.5 Å². The molecule has 0 fully saturated rings. The van der Waals surface area contributed by atoms with E-state index >= 15 is 0 Å². The van der Waals surface area contributed by atoms with Crippen molar-refractivity contribution in [3.63, 3.8) is 0 Å². The van der Waals surface area contributed by atoms with E-state index in [9.17, 15) is 32.8 Å². The second kappa shape index (κ2) is 7.50. The van der Waals surface area contributed by atoms with Gasteiger partial charge in [0.2, 0.25) is 4.75 Å². The van der Waals surface area contributed by atoms with Crippen LogP contribution in [0.15, 0.2) is 60.7 Å². The van der Waals surface area contributed by atoms with Gasteiger partial charge in [0.05, 0.1) is 0 Å². The van der Waals surface area contributed by atoms with Gasteiger partial charge in [-0.3, -0.25) is 14.1 Å². The topological polar surface area (TPSA) is 129 Å². The zero-order valence-electron chi connectivity index (χ0n) is 14.6. The zero-order valence-corrected chi connectivity index (χ0v) is 15.4. The molecule has 0 saturated carbocycles. The molecule has 3 N–H and O–H groups in total. The molecule has 0 spiro atoms. The molecule has 0 radical (unpaired) electrons. The van der Waals surface area contributed by atoms with Crippen molar-refractivity contribution in [2.75, 3.05) is 0 Å². The van der Waals surface area contributed by atoms with Crippen LogP contribution in [0, 0.1) is 0 Å². The van der Waals surface area contributed by atoms with Crippen molar-refractivity contribution in [3.05, 3.63) is 71.8 Å². The van der Waals surface area contributed by atoms with Crippen molar-refractivity contribution in [1.29, 1.82) is 0 Å². The molecule has 2 aromatic carbocycles. The van der Waals surface area contributed by atoms with E-state index in [4.69, 9.17) is 0 Å². The van der Waals surface area contributed by atoms with E-state index in [1.165, 1.54) is 55.5 Å². The number of hydrogen-bond acceptors (Lipinski definition) is 4. The normalized spacial score (nSPS) is 14.3. The zero-order chi connectivity index (χ0) is 20.3. The summed E-state index contributed by atoms with van der Waals surface area (Å²) in [5.74, 6) is -3.62. The van der Waals surface area contributed by atoms with Crippen molar-refractivity contribution < 1.29 is 32.8 Å². The van der Waals surface area contributed by atoms with Gasteiger partial charge < -0.3 is 10.2 Å². The van der Waals surface area contributed by atoms with E-state index in [-0.39, 0.29) is 17.5 Å². The van der Waals surface area contributed by atoms with E-state index in [0.29, 0.717) is 0 Å². The second-order valence-electron chi connectivity index (χ2n) is 6.14. The van der Waals surface area contributed by atoms with E-state index in [0.717, 1.165) is 0 Å². The van der Waals surface area contributed by atoms with Crippen molar-refractivity contribution in [2.45, 2.75) is 29.9 Å². The number of aliphatic carboxylic acids is 2. The minimum absolute atomic E-state index is 0.0147. The third kappa shape index (κ3) is 3.00. The third-order valence-corrected chi connectivity index (χ3v) is 6.29. The molecule has 2 rings (SSSR count). The molecule has 1 atom stereocenters. The Kier molecular flexibility index (Phi) is 5.72. The van der Waals surface area contributed by atoms with E-state index < -0.39 is 38.6 Å². The molecular formula is C19H20O7S. The molecule has 0 aliphatic carbocycles. The van der Waals surface area contributed by atoms with Gasteiger partial charge in [0.15, 0.2) is 5.41 Å². The molecular weight excluding hydrogens is 372 g/mol. The summed E-state index contributed by atoms with van der Waals surface area (Å²) < 4.78 is 32.0. The van der Waals surface area contributed by atoms with E-state index in [1.807, 2.05) is 0 Å². The number of hydrogen-bond donors (Lipinski definition) is 3. The van der Waals surface area contributed by atoms with Gasteiger partial charge >= 0.3 is 11.9 Å². The Morgan fingerprint density at radius 3 is 1.52 bits per heavy atom. The van der Waals surface area contributed by atoms with Crippen LogP contribution in [-0.4, -0.2) is 39.9 Å². The number of rotatable bonds is 8. The lowest BCUT2D eigenvalue weighted by Crippen LogP contribution is -2.65. The van der Waals surface area contributed by atoms with Crippen LogP contribution in [0.4, 0.5) is 0 Å². The van der Waals surface area contributed by atoms with Crippen LogP contribution in [0.25, 0.3) is 0 Å². The lowest BCUT2D eigenvalue weighted by Gasteiger charge is -2.43. The molecule has 0 heterocycles. The van der Waals surface area contributed by atoms with Crippen LogP contribution in [0.3, 0.4) is 0 Å². The molecule has 8 heteroatoms. The third-order valence-electron chi connectivity index (χ3n) is 4.73. The summed E-state index contributed by atoms with van der Waals surface area (Å²) in [6.45, 7) is 1.52. The maximum absolute atomic E-state index is 12.7. The molecule has 0 saturated heterocycles. The van der Waals surface area contributed by atoms with E-state index in [1.54, 1.807) is 12.1 Å².